The predicted molar refractivity (Wildman–Crippen MR) is 160 cm³/mol. The van der Waals surface area contributed by atoms with Crippen LogP contribution in [0.2, 0.25) is 0 Å². The number of nitrogens with one attached hydrogen (secondary N) is 2. The van der Waals surface area contributed by atoms with Crippen molar-refractivity contribution in [3.05, 3.63) is 103 Å². The lowest BCUT2D eigenvalue weighted by Crippen LogP contribution is -2.36. The second-order valence-corrected chi connectivity index (χ2v) is 9.78. The lowest BCUT2D eigenvalue weighted by Gasteiger charge is -2.28. The van der Waals surface area contributed by atoms with Crippen LogP contribution < -0.4 is 20.3 Å². The van der Waals surface area contributed by atoms with Crippen molar-refractivity contribution < 1.29 is 14.3 Å². The summed E-state index contributed by atoms with van der Waals surface area (Å²) >= 11 is 0. The molecule has 1 saturated heterocycles. The van der Waals surface area contributed by atoms with E-state index in [9.17, 15) is 4.79 Å². The number of morpholine rings is 1. The zero-order valence-corrected chi connectivity index (χ0v) is 22.7. The van der Waals surface area contributed by atoms with Crippen molar-refractivity contribution in [2.45, 2.75) is 6.42 Å². The molecule has 9 heteroatoms. The molecule has 2 aromatic heterocycles. The Balaban J connectivity index is 1.09. The molecule has 5 aromatic rings. The molecule has 1 aliphatic rings. The molecule has 208 valence electrons. The molecule has 0 spiro atoms. The molecule has 0 saturated carbocycles. The molecule has 0 radical (unpaired) electrons. The molecule has 0 unspecified atom stereocenters. The van der Waals surface area contributed by atoms with E-state index >= 15 is 0 Å². The summed E-state index contributed by atoms with van der Waals surface area (Å²) in [6.45, 7) is 4.18. The molecule has 2 N–H and O–H groups in total. The number of para-hydroxylation sites is 2. The van der Waals surface area contributed by atoms with E-state index in [1.54, 1.807) is 0 Å². The number of carbonyl (C=O) groups excluding carboxylic acids is 1. The molecular formula is C32H32N6O3. The third-order valence-electron chi connectivity index (χ3n) is 6.99. The van der Waals surface area contributed by atoms with Gasteiger partial charge in [-0.25, -0.2) is 0 Å². The van der Waals surface area contributed by atoms with Crippen LogP contribution in [0.4, 0.5) is 17.2 Å². The van der Waals surface area contributed by atoms with Crippen molar-refractivity contribution in [2.24, 2.45) is 0 Å². The first-order valence-electron chi connectivity index (χ1n) is 13.8. The summed E-state index contributed by atoms with van der Waals surface area (Å²) in [7, 11) is 0. The van der Waals surface area contributed by atoms with Crippen molar-refractivity contribution in [3.63, 3.8) is 0 Å². The third kappa shape index (κ3) is 6.47. The number of ether oxygens (including phenoxy) is 2. The van der Waals surface area contributed by atoms with E-state index in [0.29, 0.717) is 24.8 Å². The van der Waals surface area contributed by atoms with Gasteiger partial charge in [0.1, 0.15) is 12.4 Å². The zero-order chi connectivity index (χ0) is 27.9. The van der Waals surface area contributed by atoms with Gasteiger partial charge in [0.05, 0.1) is 31.7 Å². The van der Waals surface area contributed by atoms with Crippen LogP contribution in [0.3, 0.4) is 0 Å². The fourth-order valence-electron chi connectivity index (χ4n) is 4.94. The van der Waals surface area contributed by atoms with Gasteiger partial charge < -0.3 is 25.0 Å². The van der Waals surface area contributed by atoms with E-state index in [-0.39, 0.29) is 12.3 Å². The Labute approximate surface area is 238 Å². The normalized spacial score (nSPS) is 13.2. The Bertz CT molecular complexity index is 1580. The summed E-state index contributed by atoms with van der Waals surface area (Å²) in [5, 5.41) is 16.2. The third-order valence-corrected chi connectivity index (χ3v) is 6.99. The Morgan fingerprint density at radius 1 is 0.878 bits per heavy atom. The molecule has 1 fully saturated rings. The number of anilines is 3. The minimum atomic E-state index is -0.0603. The van der Waals surface area contributed by atoms with Crippen LogP contribution >= 0.6 is 0 Å². The molecule has 0 bridgehead atoms. The Morgan fingerprint density at radius 3 is 2.44 bits per heavy atom. The molecule has 6 rings (SSSR count). The highest BCUT2D eigenvalue weighted by Gasteiger charge is 2.14. The molecule has 0 aliphatic carbocycles. The molecule has 1 amide bonds. The number of hydrogen-bond donors (Lipinski definition) is 2. The van der Waals surface area contributed by atoms with Crippen LogP contribution in [0.1, 0.15) is 5.56 Å². The number of fused-ring (bicyclic) bond motifs is 1. The summed E-state index contributed by atoms with van der Waals surface area (Å²) in [6.07, 6.45) is 2.22. The number of nitrogens with zero attached hydrogens (tertiary/aromatic N) is 4. The van der Waals surface area contributed by atoms with Gasteiger partial charge in [0.25, 0.3) is 0 Å². The minimum absolute atomic E-state index is 0.0603. The topological polar surface area (TPSA) is 93.5 Å². The number of amides is 1. The minimum Gasteiger partial charge on any atom is -0.492 e. The van der Waals surface area contributed by atoms with E-state index in [1.807, 2.05) is 89.6 Å². The molecule has 0 atom stereocenters. The Hall–Kier alpha value is -4.89. The maximum absolute atomic E-state index is 12.7. The van der Waals surface area contributed by atoms with Gasteiger partial charge >= 0.3 is 0 Å². The van der Waals surface area contributed by atoms with Gasteiger partial charge in [0, 0.05) is 36.0 Å². The highest BCUT2D eigenvalue weighted by Crippen LogP contribution is 2.26. The Morgan fingerprint density at radius 2 is 1.66 bits per heavy atom. The number of benzene rings is 3. The largest absolute Gasteiger partial charge is 0.492 e. The van der Waals surface area contributed by atoms with Crippen molar-refractivity contribution >= 4 is 34.0 Å². The van der Waals surface area contributed by atoms with Crippen LogP contribution in [-0.2, 0) is 16.0 Å². The van der Waals surface area contributed by atoms with Gasteiger partial charge in [-0.3, -0.25) is 9.36 Å². The number of rotatable bonds is 10. The maximum atomic E-state index is 12.7. The van der Waals surface area contributed by atoms with Crippen LogP contribution in [0, 0.1) is 0 Å². The van der Waals surface area contributed by atoms with Gasteiger partial charge in [-0.05, 0) is 60.2 Å². The molecule has 3 heterocycles. The lowest BCUT2D eigenvalue weighted by molar-refractivity contribution is -0.120. The fourth-order valence-corrected chi connectivity index (χ4v) is 4.94. The maximum Gasteiger partial charge on any atom is 0.224 e. The second-order valence-electron chi connectivity index (χ2n) is 9.78. The smallest absolute Gasteiger partial charge is 0.224 e. The van der Waals surface area contributed by atoms with Gasteiger partial charge in [-0.1, -0.05) is 36.4 Å². The van der Waals surface area contributed by atoms with Crippen molar-refractivity contribution in [1.29, 1.82) is 0 Å². The van der Waals surface area contributed by atoms with Gasteiger partial charge in [-0.2, -0.15) is 0 Å². The van der Waals surface area contributed by atoms with E-state index in [2.05, 4.69) is 37.9 Å². The Kier molecular flexibility index (Phi) is 8.05. The molecular weight excluding hydrogens is 516 g/mol. The number of hydrogen-bond acceptors (Lipinski definition) is 7. The van der Waals surface area contributed by atoms with Crippen LogP contribution in [0.25, 0.3) is 16.7 Å². The molecule has 1 aliphatic heterocycles. The van der Waals surface area contributed by atoms with E-state index in [1.165, 1.54) is 5.69 Å². The summed E-state index contributed by atoms with van der Waals surface area (Å²) in [4.78, 5) is 15.0. The van der Waals surface area contributed by atoms with Gasteiger partial charge in [0.2, 0.25) is 5.91 Å². The van der Waals surface area contributed by atoms with Crippen LogP contribution in [0.15, 0.2) is 97.2 Å². The summed E-state index contributed by atoms with van der Waals surface area (Å²) in [5.41, 5.74) is 4.02. The monoisotopic (exact) mass is 548 g/mol. The predicted octanol–water partition coefficient (Wildman–Crippen LogP) is 4.74. The SMILES string of the molecule is O=C(Cc1cn(-c2ccc(Nc3ccc(N4CCOCC4)cc3)nn2)c2ccccc12)NCCOc1ccccc1. The second kappa shape index (κ2) is 12.5. The average molecular weight is 549 g/mol. The van der Waals surface area contributed by atoms with Crippen LogP contribution in [-0.4, -0.2) is 60.1 Å². The first-order chi connectivity index (χ1) is 20.2. The first-order valence-corrected chi connectivity index (χ1v) is 13.8. The fraction of sp³-hybridized carbons (Fsp3) is 0.219. The first kappa shape index (κ1) is 26.3. The lowest BCUT2D eigenvalue weighted by atomic mass is 10.1. The average Bonchev–Trinajstić information content (AvgIpc) is 3.39. The van der Waals surface area contributed by atoms with E-state index < -0.39 is 0 Å². The van der Waals surface area contributed by atoms with Crippen LogP contribution in [0.5, 0.6) is 5.75 Å². The van der Waals surface area contributed by atoms with E-state index in [4.69, 9.17) is 9.47 Å². The summed E-state index contributed by atoms with van der Waals surface area (Å²) in [5.74, 6) is 2.06. The quantitative estimate of drug-likeness (QED) is 0.244. The molecule has 3 aromatic carbocycles. The molecule has 41 heavy (non-hydrogen) atoms. The van der Waals surface area contributed by atoms with Crippen molar-refractivity contribution in [1.82, 2.24) is 20.1 Å². The van der Waals surface area contributed by atoms with Gasteiger partial charge in [0.15, 0.2) is 11.6 Å². The number of carbonyl (C=O) groups is 1. The zero-order valence-electron chi connectivity index (χ0n) is 22.7. The summed E-state index contributed by atoms with van der Waals surface area (Å²) in [6, 6.07) is 29.7. The number of aromatic nitrogens is 3. The van der Waals surface area contributed by atoms with Crippen molar-refractivity contribution in [2.75, 3.05) is 49.7 Å². The van der Waals surface area contributed by atoms with Gasteiger partial charge in [-0.15, -0.1) is 10.2 Å². The highest BCUT2D eigenvalue weighted by atomic mass is 16.5. The standard InChI is InChI=1S/C32H32N6O3/c39-32(33-16-19-41-27-6-2-1-3-7-27)22-24-23-38(29-9-5-4-8-28(24)29)31-15-14-30(35-36-31)34-25-10-12-26(13-11-25)37-17-20-40-21-18-37/h1-15,23H,16-22H2,(H,33,39)(H,34,35). The van der Waals surface area contributed by atoms with Crippen molar-refractivity contribution in [3.8, 4) is 11.6 Å². The summed E-state index contributed by atoms with van der Waals surface area (Å²) < 4.78 is 13.1. The van der Waals surface area contributed by atoms with E-state index in [0.717, 1.165) is 54.2 Å². The molecule has 9 nitrogen and oxygen atoms in total. The highest BCUT2D eigenvalue weighted by molar-refractivity contribution is 5.90.